The number of nitrogens with zero attached hydrogens (tertiary/aromatic N) is 1. The number of nitrogen functional groups attached to an aromatic ring is 1. The van der Waals surface area contributed by atoms with Crippen molar-refractivity contribution in [1.82, 2.24) is 10.2 Å². The average molecular weight is 280 g/mol. The number of rotatable bonds is 2. The molecule has 7 heteroatoms. The number of amides is 2. The van der Waals surface area contributed by atoms with E-state index in [0.717, 1.165) is 5.56 Å². The molecule has 0 atom stereocenters. The Morgan fingerprint density at radius 3 is 2.68 bits per heavy atom. The summed E-state index contributed by atoms with van der Waals surface area (Å²) in [7, 11) is 0. The standard InChI is InChI=1S/C12H14ClN5O/c1-6-3-4-8(5-9(6)13)15-12(19)16-11-10(14)7(2)17-18-11/h3-5H,14H2,1-2H3,(H3,15,16,17,18,19). The fourth-order valence-electron chi connectivity index (χ4n) is 1.47. The Morgan fingerprint density at radius 1 is 1.37 bits per heavy atom. The molecule has 2 rings (SSSR count). The molecule has 0 saturated heterocycles. The number of benzene rings is 1. The lowest BCUT2D eigenvalue weighted by atomic mass is 10.2. The number of nitrogens with two attached hydrogens (primary N) is 1. The van der Waals surface area contributed by atoms with E-state index in [9.17, 15) is 4.79 Å². The lowest BCUT2D eigenvalue weighted by molar-refractivity contribution is 0.262. The molecule has 0 fully saturated rings. The molecular weight excluding hydrogens is 266 g/mol. The number of halogens is 1. The molecule has 0 aliphatic heterocycles. The first-order valence-electron chi connectivity index (χ1n) is 5.62. The Labute approximate surface area is 115 Å². The van der Waals surface area contributed by atoms with Crippen LogP contribution < -0.4 is 16.4 Å². The van der Waals surface area contributed by atoms with Gasteiger partial charge in [-0.05, 0) is 31.5 Å². The predicted molar refractivity (Wildman–Crippen MR) is 76.6 cm³/mol. The van der Waals surface area contributed by atoms with Crippen LogP contribution in [-0.2, 0) is 0 Å². The van der Waals surface area contributed by atoms with Crippen LogP contribution in [0.25, 0.3) is 0 Å². The molecular formula is C12H14ClN5O. The van der Waals surface area contributed by atoms with E-state index in [2.05, 4.69) is 20.8 Å². The normalized spacial score (nSPS) is 10.3. The van der Waals surface area contributed by atoms with Crippen LogP contribution in [-0.4, -0.2) is 16.2 Å². The Kier molecular flexibility index (Phi) is 3.62. The number of hydrogen-bond acceptors (Lipinski definition) is 3. The van der Waals surface area contributed by atoms with E-state index in [4.69, 9.17) is 17.3 Å². The highest BCUT2D eigenvalue weighted by molar-refractivity contribution is 6.31. The van der Waals surface area contributed by atoms with Crippen LogP contribution in [0.2, 0.25) is 5.02 Å². The van der Waals surface area contributed by atoms with Gasteiger partial charge in [-0.15, -0.1) is 0 Å². The number of hydrogen-bond donors (Lipinski definition) is 4. The van der Waals surface area contributed by atoms with Crippen LogP contribution >= 0.6 is 11.6 Å². The van der Waals surface area contributed by atoms with Crippen LogP contribution in [0.3, 0.4) is 0 Å². The summed E-state index contributed by atoms with van der Waals surface area (Å²) in [6.45, 7) is 3.66. The molecule has 0 aliphatic carbocycles. The molecule has 0 saturated carbocycles. The fourth-order valence-corrected chi connectivity index (χ4v) is 1.65. The zero-order valence-corrected chi connectivity index (χ0v) is 11.3. The second kappa shape index (κ2) is 5.19. The maximum Gasteiger partial charge on any atom is 0.324 e. The van der Waals surface area contributed by atoms with Gasteiger partial charge >= 0.3 is 6.03 Å². The van der Waals surface area contributed by atoms with Gasteiger partial charge in [-0.1, -0.05) is 17.7 Å². The number of carbonyl (C=O) groups excluding carboxylic acids is 1. The van der Waals surface area contributed by atoms with E-state index >= 15 is 0 Å². The minimum atomic E-state index is -0.432. The summed E-state index contributed by atoms with van der Waals surface area (Å²) in [6.07, 6.45) is 0. The topological polar surface area (TPSA) is 95.8 Å². The van der Waals surface area contributed by atoms with Crippen molar-refractivity contribution >= 4 is 34.8 Å². The molecule has 1 aromatic carbocycles. The van der Waals surface area contributed by atoms with E-state index < -0.39 is 6.03 Å². The van der Waals surface area contributed by atoms with Gasteiger partial charge < -0.3 is 11.1 Å². The number of carbonyl (C=O) groups is 1. The third kappa shape index (κ3) is 2.97. The van der Waals surface area contributed by atoms with Gasteiger partial charge in [0.1, 0.15) is 0 Å². The lowest BCUT2D eigenvalue weighted by Crippen LogP contribution is -2.20. The van der Waals surface area contributed by atoms with Gasteiger partial charge in [0.2, 0.25) is 0 Å². The summed E-state index contributed by atoms with van der Waals surface area (Å²) in [4.78, 5) is 11.8. The van der Waals surface area contributed by atoms with Crippen molar-refractivity contribution in [3.63, 3.8) is 0 Å². The summed E-state index contributed by atoms with van der Waals surface area (Å²) in [6, 6.07) is 4.83. The highest BCUT2D eigenvalue weighted by atomic mass is 35.5. The number of urea groups is 1. The Bertz CT molecular complexity index is 623. The third-order valence-electron chi connectivity index (χ3n) is 2.66. The molecule has 0 radical (unpaired) electrons. The Morgan fingerprint density at radius 2 is 2.11 bits per heavy atom. The van der Waals surface area contributed by atoms with Crippen LogP contribution in [0, 0.1) is 13.8 Å². The van der Waals surface area contributed by atoms with E-state index in [1.54, 1.807) is 19.1 Å². The molecule has 2 aromatic rings. The molecule has 0 aliphatic rings. The van der Waals surface area contributed by atoms with E-state index in [1.807, 2.05) is 13.0 Å². The zero-order valence-electron chi connectivity index (χ0n) is 10.5. The van der Waals surface area contributed by atoms with Gasteiger partial charge in [-0.25, -0.2) is 4.79 Å². The van der Waals surface area contributed by atoms with E-state index in [-0.39, 0.29) is 0 Å². The van der Waals surface area contributed by atoms with E-state index in [1.165, 1.54) is 0 Å². The van der Waals surface area contributed by atoms with Crippen molar-refractivity contribution in [3.05, 3.63) is 34.5 Å². The predicted octanol–water partition coefficient (Wildman–Crippen LogP) is 2.91. The van der Waals surface area contributed by atoms with Gasteiger partial charge in [0.15, 0.2) is 5.82 Å². The summed E-state index contributed by atoms with van der Waals surface area (Å²) < 4.78 is 0. The fraction of sp³-hybridized carbons (Fsp3) is 0.167. The van der Waals surface area contributed by atoms with Crippen molar-refractivity contribution in [2.75, 3.05) is 16.4 Å². The van der Waals surface area contributed by atoms with Gasteiger partial charge in [-0.3, -0.25) is 10.4 Å². The molecule has 1 heterocycles. The van der Waals surface area contributed by atoms with Crippen molar-refractivity contribution in [2.24, 2.45) is 0 Å². The van der Waals surface area contributed by atoms with Crippen molar-refractivity contribution in [2.45, 2.75) is 13.8 Å². The van der Waals surface area contributed by atoms with Gasteiger partial charge in [0.05, 0.1) is 11.4 Å². The van der Waals surface area contributed by atoms with Crippen molar-refractivity contribution < 1.29 is 4.79 Å². The minimum Gasteiger partial charge on any atom is -0.394 e. The monoisotopic (exact) mass is 279 g/mol. The quantitative estimate of drug-likeness (QED) is 0.680. The molecule has 100 valence electrons. The number of aromatic nitrogens is 2. The largest absolute Gasteiger partial charge is 0.394 e. The number of aryl methyl sites for hydroxylation is 2. The highest BCUT2D eigenvalue weighted by Gasteiger charge is 2.10. The summed E-state index contributed by atoms with van der Waals surface area (Å²) in [5.74, 6) is 0.299. The second-order valence-corrected chi connectivity index (χ2v) is 4.56. The first kappa shape index (κ1) is 13.2. The third-order valence-corrected chi connectivity index (χ3v) is 3.06. The van der Waals surface area contributed by atoms with Gasteiger partial charge in [-0.2, -0.15) is 5.10 Å². The zero-order chi connectivity index (χ0) is 14.0. The Balaban J connectivity index is 2.05. The lowest BCUT2D eigenvalue weighted by Gasteiger charge is -2.07. The van der Waals surface area contributed by atoms with Crippen LogP contribution in [0.15, 0.2) is 18.2 Å². The van der Waals surface area contributed by atoms with Gasteiger partial charge in [0, 0.05) is 10.7 Å². The molecule has 5 N–H and O–H groups in total. The molecule has 19 heavy (non-hydrogen) atoms. The molecule has 1 aromatic heterocycles. The Hall–Kier alpha value is -2.21. The first-order chi connectivity index (χ1) is 8.97. The maximum atomic E-state index is 11.8. The van der Waals surface area contributed by atoms with Crippen molar-refractivity contribution in [3.8, 4) is 0 Å². The summed E-state index contributed by atoms with van der Waals surface area (Å²) in [5, 5.41) is 12.4. The van der Waals surface area contributed by atoms with E-state index in [0.29, 0.717) is 27.9 Å². The second-order valence-electron chi connectivity index (χ2n) is 4.15. The summed E-state index contributed by atoms with van der Waals surface area (Å²) in [5.41, 5.74) is 8.39. The smallest absolute Gasteiger partial charge is 0.324 e. The molecule has 6 nitrogen and oxygen atoms in total. The maximum absolute atomic E-state index is 11.8. The van der Waals surface area contributed by atoms with Crippen molar-refractivity contribution in [1.29, 1.82) is 0 Å². The van der Waals surface area contributed by atoms with Crippen LogP contribution in [0.4, 0.5) is 22.0 Å². The number of H-pyrrole nitrogens is 1. The molecule has 0 unspecified atom stereocenters. The first-order valence-corrected chi connectivity index (χ1v) is 5.99. The van der Waals surface area contributed by atoms with Gasteiger partial charge in [0.25, 0.3) is 0 Å². The van der Waals surface area contributed by atoms with Crippen LogP contribution in [0.1, 0.15) is 11.3 Å². The summed E-state index contributed by atoms with van der Waals surface area (Å²) >= 11 is 5.98. The molecule has 0 bridgehead atoms. The number of aromatic amines is 1. The SMILES string of the molecule is Cc1ccc(NC(=O)Nc2n[nH]c(C)c2N)cc1Cl. The number of anilines is 3. The highest BCUT2D eigenvalue weighted by Crippen LogP contribution is 2.21. The number of nitrogens with one attached hydrogen (secondary N) is 3. The molecule has 0 spiro atoms. The minimum absolute atomic E-state index is 0.299. The van der Waals surface area contributed by atoms with Crippen LogP contribution in [0.5, 0.6) is 0 Å². The average Bonchev–Trinajstić information content (AvgIpc) is 2.66. The molecule has 2 amide bonds.